The molecular formula is C25H23FN2O6S. The van der Waals surface area contributed by atoms with Crippen molar-refractivity contribution in [2.24, 2.45) is 0 Å². The van der Waals surface area contributed by atoms with Gasteiger partial charge in [-0.25, -0.2) is 22.3 Å². The van der Waals surface area contributed by atoms with Crippen molar-refractivity contribution in [1.29, 1.82) is 0 Å². The summed E-state index contributed by atoms with van der Waals surface area (Å²) in [4.78, 5) is 25.3. The highest BCUT2D eigenvalue weighted by atomic mass is 32.2. The van der Waals surface area contributed by atoms with Gasteiger partial charge in [-0.2, -0.15) is 0 Å². The molecule has 3 aromatic carbocycles. The molecule has 0 aliphatic heterocycles. The van der Waals surface area contributed by atoms with Crippen molar-refractivity contribution in [3.8, 4) is 5.75 Å². The first kappa shape index (κ1) is 25.6. The van der Waals surface area contributed by atoms with Crippen LogP contribution in [0.1, 0.15) is 17.2 Å². The van der Waals surface area contributed by atoms with Crippen LogP contribution in [0.2, 0.25) is 0 Å². The Bertz CT molecular complexity index is 1330. The fourth-order valence-corrected chi connectivity index (χ4v) is 4.01. The summed E-state index contributed by atoms with van der Waals surface area (Å²) < 4.78 is 50.4. The van der Waals surface area contributed by atoms with Crippen LogP contribution in [-0.4, -0.2) is 34.5 Å². The minimum atomic E-state index is -3.80. The lowest BCUT2D eigenvalue weighted by Gasteiger charge is -2.17. The molecule has 0 aliphatic rings. The minimum Gasteiger partial charge on any atom is -0.495 e. The summed E-state index contributed by atoms with van der Waals surface area (Å²) >= 11 is 0. The van der Waals surface area contributed by atoms with Crippen molar-refractivity contribution >= 4 is 33.7 Å². The molecule has 3 aromatic rings. The van der Waals surface area contributed by atoms with E-state index in [2.05, 4.69) is 10.0 Å². The fraction of sp³-hybridized carbons (Fsp3) is 0.120. The number of carbonyl (C=O) groups is 2. The Labute approximate surface area is 202 Å². The first-order valence-corrected chi connectivity index (χ1v) is 11.8. The average molecular weight is 499 g/mol. The number of rotatable bonds is 9. The monoisotopic (exact) mass is 498 g/mol. The minimum absolute atomic E-state index is 0.0983. The van der Waals surface area contributed by atoms with Crippen molar-refractivity contribution in [2.45, 2.75) is 11.0 Å². The maximum absolute atomic E-state index is 13.2. The van der Waals surface area contributed by atoms with Crippen molar-refractivity contribution < 1.29 is 31.9 Å². The number of halogens is 1. The average Bonchev–Trinajstić information content (AvgIpc) is 2.87. The molecule has 0 heterocycles. The molecule has 1 amide bonds. The van der Waals surface area contributed by atoms with Gasteiger partial charge >= 0.3 is 5.97 Å². The van der Waals surface area contributed by atoms with Crippen LogP contribution in [0.3, 0.4) is 0 Å². The third kappa shape index (κ3) is 6.75. The molecule has 3 rings (SSSR count). The van der Waals surface area contributed by atoms with Gasteiger partial charge in [-0.3, -0.25) is 4.79 Å². The van der Waals surface area contributed by atoms with Gasteiger partial charge in [-0.05, 0) is 55.1 Å². The molecule has 35 heavy (non-hydrogen) atoms. The van der Waals surface area contributed by atoms with E-state index in [0.717, 1.165) is 6.08 Å². The molecule has 0 saturated heterocycles. The number of esters is 1. The van der Waals surface area contributed by atoms with Gasteiger partial charge in [0.1, 0.15) is 16.5 Å². The third-order valence-electron chi connectivity index (χ3n) is 4.84. The highest BCUT2D eigenvalue weighted by molar-refractivity contribution is 7.89. The van der Waals surface area contributed by atoms with E-state index in [9.17, 15) is 22.4 Å². The zero-order chi connectivity index (χ0) is 25.4. The van der Waals surface area contributed by atoms with Crippen LogP contribution in [0.15, 0.2) is 83.8 Å². The van der Waals surface area contributed by atoms with Gasteiger partial charge in [-0.15, -0.1) is 0 Å². The number of benzene rings is 3. The SMILES string of the molecule is CNS(=O)(=O)c1cc(/C=C/C(=O)OC(C(=O)Nc2ccc(F)cc2)c2ccccc2)ccc1OC. The zero-order valence-corrected chi connectivity index (χ0v) is 19.7. The van der Waals surface area contributed by atoms with E-state index in [4.69, 9.17) is 9.47 Å². The highest BCUT2D eigenvalue weighted by Crippen LogP contribution is 2.25. The summed E-state index contributed by atoms with van der Waals surface area (Å²) in [6, 6.07) is 17.9. The lowest BCUT2D eigenvalue weighted by Crippen LogP contribution is -2.25. The summed E-state index contributed by atoms with van der Waals surface area (Å²) in [5, 5.41) is 2.60. The Balaban J connectivity index is 1.81. The molecule has 0 bridgehead atoms. The Hall–Kier alpha value is -4.02. The molecule has 1 atom stereocenters. The number of methoxy groups -OCH3 is 1. The quantitative estimate of drug-likeness (QED) is 0.344. The maximum atomic E-state index is 13.2. The number of ether oxygens (including phenoxy) is 2. The predicted octanol–water partition coefficient (Wildman–Crippen LogP) is 3.68. The van der Waals surface area contributed by atoms with Crippen LogP contribution in [0.25, 0.3) is 6.08 Å². The number of hydrogen-bond acceptors (Lipinski definition) is 6. The van der Waals surface area contributed by atoms with Gasteiger partial charge in [0.15, 0.2) is 0 Å². The van der Waals surface area contributed by atoms with E-state index in [1.165, 1.54) is 56.6 Å². The summed E-state index contributed by atoms with van der Waals surface area (Å²) in [6.07, 6.45) is 1.16. The van der Waals surface area contributed by atoms with Crippen LogP contribution in [-0.2, 0) is 24.3 Å². The van der Waals surface area contributed by atoms with E-state index in [-0.39, 0.29) is 10.6 Å². The topological polar surface area (TPSA) is 111 Å². The van der Waals surface area contributed by atoms with E-state index in [0.29, 0.717) is 16.8 Å². The largest absolute Gasteiger partial charge is 0.495 e. The summed E-state index contributed by atoms with van der Waals surface area (Å²) in [6.45, 7) is 0. The number of carbonyl (C=O) groups excluding carboxylic acids is 2. The van der Waals surface area contributed by atoms with Gasteiger partial charge in [0.25, 0.3) is 5.91 Å². The smallest absolute Gasteiger partial charge is 0.331 e. The second kappa shape index (κ2) is 11.4. The summed E-state index contributed by atoms with van der Waals surface area (Å²) in [7, 11) is -1.18. The summed E-state index contributed by atoms with van der Waals surface area (Å²) in [5.74, 6) is -1.78. The molecule has 0 radical (unpaired) electrons. The van der Waals surface area contributed by atoms with Crippen LogP contribution in [0, 0.1) is 5.82 Å². The molecule has 0 aliphatic carbocycles. The van der Waals surface area contributed by atoms with Crippen LogP contribution in [0.4, 0.5) is 10.1 Å². The highest BCUT2D eigenvalue weighted by Gasteiger charge is 2.24. The van der Waals surface area contributed by atoms with Crippen molar-refractivity contribution in [2.75, 3.05) is 19.5 Å². The molecule has 2 N–H and O–H groups in total. The van der Waals surface area contributed by atoms with Crippen LogP contribution < -0.4 is 14.8 Å². The Kier molecular flexibility index (Phi) is 8.34. The molecule has 10 heteroatoms. The second-order valence-corrected chi connectivity index (χ2v) is 9.03. The van der Waals surface area contributed by atoms with E-state index < -0.39 is 33.8 Å². The summed E-state index contributed by atoms with van der Waals surface area (Å²) in [5.41, 5.74) is 1.16. The molecule has 8 nitrogen and oxygen atoms in total. The third-order valence-corrected chi connectivity index (χ3v) is 6.28. The van der Waals surface area contributed by atoms with Crippen LogP contribution >= 0.6 is 0 Å². The molecule has 1 unspecified atom stereocenters. The number of sulfonamides is 1. The van der Waals surface area contributed by atoms with Crippen molar-refractivity contribution in [1.82, 2.24) is 4.72 Å². The van der Waals surface area contributed by atoms with Gasteiger partial charge in [0.2, 0.25) is 16.1 Å². The molecular weight excluding hydrogens is 475 g/mol. The lowest BCUT2D eigenvalue weighted by atomic mass is 10.1. The van der Waals surface area contributed by atoms with Crippen LogP contribution in [0.5, 0.6) is 5.75 Å². The van der Waals surface area contributed by atoms with Crippen molar-refractivity contribution in [3.63, 3.8) is 0 Å². The second-order valence-electron chi connectivity index (χ2n) is 7.17. The Morgan fingerprint density at radius 1 is 1.00 bits per heavy atom. The number of amides is 1. The normalized spacial score (nSPS) is 12.2. The number of nitrogens with one attached hydrogen (secondary N) is 2. The Morgan fingerprint density at radius 3 is 2.31 bits per heavy atom. The van der Waals surface area contributed by atoms with E-state index in [1.807, 2.05) is 0 Å². The lowest BCUT2D eigenvalue weighted by molar-refractivity contribution is -0.149. The maximum Gasteiger partial charge on any atom is 0.331 e. The van der Waals surface area contributed by atoms with Gasteiger partial charge in [0, 0.05) is 17.3 Å². The van der Waals surface area contributed by atoms with Crippen molar-refractivity contribution in [3.05, 3.63) is 95.8 Å². The number of hydrogen-bond donors (Lipinski definition) is 2. The molecule has 0 spiro atoms. The zero-order valence-electron chi connectivity index (χ0n) is 18.9. The molecule has 0 fully saturated rings. The molecule has 182 valence electrons. The number of anilines is 1. The molecule has 0 saturated carbocycles. The predicted molar refractivity (Wildman–Crippen MR) is 129 cm³/mol. The molecule has 0 aromatic heterocycles. The van der Waals surface area contributed by atoms with E-state index in [1.54, 1.807) is 36.4 Å². The first-order valence-electron chi connectivity index (χ1n) is 10.3. The van der Waals surface area contributed by atoms with E-state index >= 15 is 0 Å². The van der Waals surface area contributed by atoms with Gasteiger partial charge in [0.05, 0.1) is 7.11 Å². The Morgan fingerprint density at radius 2 is 1.69 bits per heavy atom. The fourth-order valence-electron chi connectivity index (χ4n) is 3.08. The first-order chi connectivity index (χ1) is 16.7. The standard InChI is InChI=1S/C25H23FN2O6S/c1-27-35(31,32)22-16-17(8-14-21(22)33-2)9-15-23(29)34-24(18-6-4-3-5-7-18)25(30)28-20-12-10-19(26)11-13-20/h3-16,24,27H,1-2H3,(H,28,30)/b15-9+. The van der Waals surface area contributed by atoms with Gasteiger partial charge in [-0.1, -0.05) is 36.4 Å². The van der Waals surface area contributed by atoms with Gasteiger partial charge < -0.3 is 14.8 Å².